The lowest BCUT2D eigenvalue weighted by Crippen LogP contribution is -2.45. The van der Waals surface area contributed by atoms with Crippen LogP contribution in [-0.4, -0.2) is 34.3 Å². The summed E-state index contributed by atoms with van der Waals surface area (Å²) in [7, 11) is 1.37. The molecule has 2 aromatic carbocycles. The van der Waals surface area contributed by atoms with E-state index in [1.54, 1.807) is 13.0 Å². The molecule has 0 saturated heterocycles. The highest BCUT2D eigenvalue weighted by Gasteiger charge is 2.20. The zero-order valence-corrected chi connectivity index (χ0v) is 19.6. The molecule has 0 spiro atoms. The zero-order chi connectivity index (χ0) is 25.8. The largest absolute Gasteiger partial charge is 0.479 e. The first-order chi connectivity index (χ1) is 17.2. The summed E-state index contributed by atoms with van der Waals surface area (Å²) in [6, 6.07) is 8.10. The summed E-state index contributed by atoms with van der Waals surface area (Å²) in [5.74, 6) is -1.93. The van der Waals surface area contributed by atoms with E-state index in [0.717, 1.165) is 6.07 Å². The number of guanidine groups is 1. The smallest absolute Gasteiger partial charge is 0.308 e. The van der Waals surface area contributed by atoms with Crippen LogP contribution in [-0.2, 0) is 6.54 Å². The molecule has 36 heavy (non-hydrogen) atoms. The van der Waals surface area contributed by atoms with Crippen molar-refractivity contribution in [2.75, 3.05) is 7.11 Å². The summed E-state index contributed by atoms with van der Waals surface area (Å²) in [6.45, 7) is 1.41. The molecule has 0 unspecified atom stereocenters. The highest BCUT2D eigenvalue weighted by molar-refractivity contribution is 6.31. The van der Waals surface area contributed by atoms with Crippen molar-refractivity contribution in [3.63, 3.8) is 0 Å². The van der Waals surface area contributed by atoms with Gasteiger partial charge < -0.3 is 19.5 Å². The number of methoxy groups -OCH3 is 1. The molecule has 4 N–H and O–H groups in total. The first-order valence-corrected chi connectivity index (χ1v) is 10.6. The first-order valence-electron chi connectivity index (χ1n) is 10.2. The number of hydrogen-bond donors (Lipinski definition) is 3. The Bertz CT molecular complexity index is 1450. The molecule has 14 heteroatoms. The van der Waals surface area contributed by atoms with E-state index in [2.05, 4.69) is 31.1 Å². The molecule has 4 rings (SSSR count). The van der Waals surface area contributed by atoms with Gasteiger partial charge in [0.25, 0.3) is 5.88 Å². The van der Waals surface area contributed by atoms with Gasteiger partial charge in [-0.15, -0.1) is 0 Å². The minimum absolute atomic E-state index is 0.00965. The first kappa shape index (κ1) is 24.6. The van der Waals surface area contributed by atoms with Gasteiger partial charge in [-0.1, -0.05) is 28.9 Å². The van der Waals surface area contributed by atoms with E-state index >= 15 is 0 Å². The lowest BCUT2D eigenvalue weighted by molar-refractivity contribution is 0.0906. The average Bonchev–Trinajstić information content (AvgIpc) is 3.50. The third-order valence-electron chi connectivity index (χ3n) is 4.82. The van der Waals surface area contributed by atoms with Crippen LogP contribution < -0.4 is 21.3 Å². The van der Waals surface area contributed by atoms with Crippen molar-refractivity contribution in [1.82, 2.24) is 26.1 Å². The fourth-order valence-corrected chi connectivity index (χ4v) is 3.33. The number of rotatable bonds is 6. The SMILES string of the molecule is COc1cc(C(=O)NNC(N)=NCc2ccc(-c3cc(Cl)cc(F)c3-c3noc(C)n3)cc2F)on1. The highest BCUT2D eigenvalue weighted by Crippen LogP contribution is 2.36. The Hall–Kier alpha value is -4.52. The maximum Gasteiger partial charge on any atom is 0.308 e. The number of aliphatic imine (C=N–C) groups is 1. The van der Waals surface area contributed by atoms with Crippen molar-refractivity contribution in [3.05, 3.63) is 70.3 Å². The molecule has 0 saturated carbocycles. The van der Waals surface area contributed by atoms with Gasteiger partial charge in [0, 0.05) is 17.5 Å². The van der Waals surface area contributed by atoms with E-state index in [-0.39, 0.29) is 57.6 Å². The van der Waals surface area contributed by atoms with Crippen LogP contribution in [0.5, 0.6) is 5.88 Å². The number of halogens is 3. The number of nitrogens with zero attached hydrogens (tertiary/aromatic N) is 4. The van der Waals surface area contributed by atoms with Gasteiger partial charge in [-0.3, -0.25) is 15.6 Å². The fraction of sp³-hybridized carbons (Fsp3) is 0.136. The number of hydrazine groups is 1. The second kappa shape index (κ2) is 10.4. The van der Waals surface area contributed by atoms with E-state index in [4.69, 9.17) is 31.1 Å². The van der Waals surface area contributed by atoms with Crippen LogP contribution >= 0.6 is 11.6 Å². The van der Waals surface area contributed by atoms with Crippen LogP contribution in [0.15, 0.2) is 50.4 Å². The second-order valence-electron chi connectivity index (χ2n) is 7.27. The number of carbonyl (C=O) groups is 1. The summed E-state index contributed by atoms with van der Waals surface area (Å²) in [6.07, 6.45) is 0. The monoisotopic (exact) mass is 517 g/mol. The maximum absolute atomic E-state index is 14.9. The van der Waals surface area contributed by atoms with Crippen LogP contribution in [0.4, 0.5) is 8.78 Å². The quantitative estimate of drug-likeness (QED) is 0.198. The second-order valence-corrected chi connectivity index (χ2v) is 7.70. The third kappa shape index (κ3) is 5.41. The van der Waals surface area contributed by atoms with Crippen LogP contribution in [0.1, 0.15) is 22.0 Å². The molecule has 11 nitrogen and oxygen atoms in total. The van der Waals surface area contributed by atoms with E-state index in [9.17, 15) is 13.6 Å². The summed E-state index contributed by atoms with van der Waals surface area (Å²) < 4.78 is 44.2. The maximum atomic E-state index is 14.9. The van der Waals surface area contributed by atoms with Crippen LogP contribution in [0.3, 0.4) is 0 Å². The number of amides is 1. The third-order valence-corrected chi connectivity index (χ3v) is 5.03. The predicted molar refractivity (Wildman–Crippen MR) is 124 cm³/mol. The number of carbonyl (C=O) groups excluding carboxylic acids is 1. The molecule has 0 atom stereocenters. The van der Waals surface area contributed by atoms with E-state index in [1.807, 2.05) is 0 Å². The molecule has 0 aliphatic heterocycles. The molecule has 2 heterocycles. The van der Waals surface area contributed by atoms with Gasteiger partial charge in [0.15, 0.2) is 0 Å². The normalized spacial score (nSPS) is 11.4. The standard InChI is InChI=1S/C22H18ClF2N7O4/c1-10-28-20(32-35-10)19-14(6-13(23)7-16(19)25)11-3-4-12(15(24)5-11)9-27-22(26)30-29-21(33)17-8-18(34-2)31-36-17/h3-8H,9H2,1-2H3,(H,29,33)(H3,26,27,30). The Morgan fingerprint density at radius 1 is 1.14 bits per heavy atom. The lowest BCUT2D eigenvalue weighted by Gasteiger charge is -2.11. The van der Waals surface area contributed by atoms with Crippen molar-refractivity contribution in [2.45, 2.75) is 13.5 Å². The van der Waals surface area contributed by atoms with Crippen LogP contribution in [0.25, 0.3) is 22.5 Å². The van der Waals surface area contributed by atoms with E-state index in [1.165, 1.54) is 31.4 Å². The molecule has 0 aliphatic rings. The molecule has 0 bridgehead atoms. The Labute approximate surface area is 207 Å². The molecular formula is C22H18ClF2N7O4. The molecule has 4 aromatic rings. The molecule has 2 aromatic heterocycles. The topological polar surface area (TPSA) is 154 Å². The highest BCUT2D eigenvalue weighted by atomic mass is 35.5. The van der Waals surface area contributed by atoms with Gasteiger partial charge >= 0.3 is 5.91 Å². The number of aromatic nitrogens is 3. The number of hydrogen-bond acceptors (Lipinski definition) is 8. The number of ether oxygens (including phenoxy) is 1. The minimum atomic E-state index is -0.683. The molecular weight excluding hydrogens is 500 g/mol. The van der Waals surface area contributed by atoms with Gasteiger partial charge in [0.1, 0.15) is 11.6 Å². The Morgan fingerprint density at radius 2 is 1.94 bits per heavy atom. The number of benzene rings is 2. The number of nitrogens with one attached hydrogen (secondary N) is 2. The Kier molecular flexibility index (Phi) is 7.10. The fourth-order valence-electron chi connectivity index (χ4n) is 3.13. The van der Waals surface area contributed by atoms with Crippen molar-refractivity contribution in [2.24, 2.45) is 10.7 Å². The summed E-state index contributed by atoms with van der Waals surface area (Å²) in [5, 5.41) is 7.38. The number of aryl methyl sites for hydroxylation is 1. The Balaban J connectivity index is 1.49. The number of nitrogens with two attached hydrogens (primary N) is 1. The van der Waals surface area contributed by atoms with Gasteiger partial charge in [0.2, 0.25) is 23.4 Å². The molecule has 0 radical (unpaired) electrons. The van der Waals surface area contributed by atoms with E-state index in [0.29, 0.717) is 5.56 Å². The van der Waals surface area contributed by atoms with Crippen molar-refractivity contribution in [1.29, 1.82) is 0 Å². The van der Waals surface area contributed by atoms with Crippen LogP contribution in [0, 0.1) is 18.6 Å². The zero-order valence-electron chi connectivity index (χ0n) is 18.8. The molecule has 186 valence electrons. The van der Waals surface area contributed by atoms with Crippen molar-refractivity contribution in [3.8, 4) is 28.4 Å². The average molecular weight is 518 g/mol. The summed E-state index contributed by atoms with van der Waals surface area (Å²) >= 11 is 6.04. The van der Waals surface area contributed by atoms with Gasteiger partial charge in [0.05, 0.1) is 25.3 Å². The summed E-state index contributed by atoms with van der Waals surface area (Å²) in [5.41, 5.74) is 11.2. The summed E-state index contributed by atoms with van der Waals surface area (Å²) in [4.78, 5) is 20.0. The molecule has 0 fully saturated rings. The predicted octanol–water partition coefficient (Wildman–Crippen LogP) is 3.39. The van der Waals surface area contributed by atoms with Crippen molar-refractivity contribution >= 4 is 23.5 Å². The molecule has 1 amide bonds. The minimum Gasteiger partial charge on any atom is -0.479 e. The molecule has 0 aliphatic carbocycles. The lowest BCUT2D eigenvalue weighted by atomic mass is 9.97. The van der Waals surface area contributed by atoms with Crippen LogP contribution in [0.2, 0.25) is 5.02 Å². The van der Waals surface area contributed by atoms with E-state index < -0.39 is 17.5 Å². The van der Waals surface area contributed by atoms with Crippen molar-refractivity contribution < 1.29 is 27.4 Å². The van der Waals surface area contributed by atoms with Gasteiger partial charge in [-0.2, -0.15) is 4.98 Å². The van der Waals surface area contributed by atoms with Gasteiger partial charge in [-0.05, 0) is 34.5 Å². The van der Waals surface area contributed by atoms with Gasteiger partial charge in [-0.25, -0.2) is 13.8 Å². The Morgan fingerprint density at radius 3 is 2.61 bits per heavy atom.